The Morgan fingerprint density at radius 3 is 2.79 bits per heavy atom. The number of aromatic carboxylic acids is 1. The lowest BCUT2D eigenvalue weighted by molar-refractivity contribution is 0.0698. The summed E-state index contributed by atoms with van der Waals surface area (Å²) in [6.07, 6.45) is 5.69. The second-order valence-electron chi connectivity index (χ2n) is 7.11. The number of piperidine rings is 3. The molecule has 0 aliphatic carbocycles. The van der Waals surface area contributed by atoms with Crippen LogP contribution in [0.2, 0.25) is 0 Å². The Labute approximate surface area is 142 Å². The van der Waals surface area contributed by atoms with Gasteiger partial charge in [0.05, 0.1) is 11.1 Å². The maximum atomic E-state index is 11.4. The fourth-order valence-corrected chi connectivity index (χ4v) is 4.35. The van der Waals surface area contributed by atoms with Crippen molar-refractivity contribution < 1.29 is 9.90 Å². The molecule has 1 unspecified atom stereocenters. The molecule has 3 saturated heterocycles. The van der Waals surface area contributed by atoms with Crippen LogP contribution in [0.25, 0.3) is 10.9 Å². The van der Waals surface area contributed by atoms with E-state index in [-0.39, 0.29) is 0 Å². The fraction of sp³-hybridized carbons (Fsp3) is 0.526. The first-order chi connectivity index (χ1) is 11.7. The van der Waals surface area contributed by atoms with E-state index in [0.717, 1.165) is 36.3 Å². The summed E-state index contributed by atoms with van der Waals surface area (Å²) in [5, 5.41) is 14.1. The van der Waals surface area contributed by atoms with Crippen LogP contribution in [0.5, 0.6) is 0 Å². The van der Waals surface area contributed by atoms with Crippen LogP contribution in [0.3, 0.4) is 0 Å². The third-order valence-corrected chi connectivity index (χ3v) is 5.66. The molecule has 24 heavy (non-hydrogen) atoms. The highest BCUT2D eigenvalue weighted by atomic mass is 16.4. The standard InChI is InChI=1S/C19H25N3O2/c23-19(24)16-4-1-3-15-7-12-22(18(15)16)9-2-8-20-17-13-21-10-5-14(17)6-11-21/h1,3-4,7,12,14,17,20H,2,5-6,8-11,13H2,(H,23,24). The van der Waals surface area contributed by atoms with Crippen molar-refractivity contribution in [2.45, 2.75) is 31.8 Å². The zero-order valence-electron chi connectivity index (χ0n) is 13.9. The normalized spacial score (nSPS) is 26.1. The van der Waals surface area contributed by atoms with Gasteiger partial charge in [0, 0.05) is 30.7 Å². The zero-order valence-corrected chi connectivity index (χ0v) is 13.9. The number of carbonyl (C=O) groups is 1. The number of para-hydroxylation sites is 1. The van der Waals surface area contributed by atoms with Crippen molar-refractivity contribution in [3.8, 4) is 0 Å². The molecule has 3 aliphatic rings. The predicted octanol–water partition coefficient (Wildman–Crippen LogP) is 2.41. The molecule has 3 fully saturated rings. The molecular weight excluding hydrogens is 302 g/mol. The summed E-state index contributed by atoms with van der Waals surface area (Å²) in [4.78, 5) is 14.0. The van der Waals surface area contributed by atoms with Crippen molar-refractivity contribution in [1.82, 2.24) is 14.8 Å². The minimum absolute atomic E-state index is 0.392. The number of nitrogens with one attached hydrogen (secondary N) is 1. The first kappa shape index (κ1) is 15.7. The van der Waals surface area contributed by atoms with Gasteiger partial charge in [-0.2, -0.15) is 0 Å². The summed E-state index contributed by atoms with van der Waals surface area (Å²) in [5.74, 6) is -0.00743. The van der Waals surface area contributed by atoms with E-state index in [9.17, 15) is 9.90 Å². The van der Waals surface area contributed by atoms with Crippen LogP contribution in [-0.4, -0.2) is 52.8 Å². The van der Waals surface area contributed by atoms with Crippen molar-refractivity contribution in [3.05, 3.63) is 36.0 Å². The second-order valence-corrected chi connectivity index (χ2v) is 7.11. The first-order valence-electron chi connectivity index (χ1n) is 8.99. The molecule has 1 atom stereocenters. The van der Waals surface area contributed by atoms with Gasteiger partial charge < -0.3 is 19.9 Å². The molecule has 0 saturated carbocycles. The Balaban J connectivity index is 1.36. The lowest BCUT2D eigenvalue weighted by atomic mass is 9.84. The Bertz CT molecular complexity index is 731. The molecule has 2 bridgehead atoms. The number of hydrogen-bond acceptors (Lipinski definition) is 3. The van der Waals surface area contributed by atoms with Crippen LogP contribution in [0.4, 0.5) is 0 Å². The summed E-state index contributed by atoms with van der Waals surface area (Å²) in [5.41, 5.74) is 1.23. The third kappa shape index (κ3) is 2.94. The fourth-order valence-electron chi connectivity index (χ4n) is 4.35. The Morgan fingerprint density at radius 2 is 2.08 bits per heavy atom. The van der Waals surface area contributed by atoms with Gasteiger partial charge in [-0.1, -0.05) is 12.1 Å². The summed E-state index contributed by atoms with van der Waals surface area (Å²) in [7, 11) is 0. The van der Waals surface area contributed by atoms with Gasteiger partial charge in [-0.3, -0.25) is 0 Å². The Morgan fingerprint density at radius 1 is 1.25 bits per heavy atom. The number of nitrogens with zero attached hydrogens (tertiary/aromatic N) is 2. The molecule has 0 radical (unpaired) electrons. The average Bonchev–Trinajstić information content (AvgIpc) is 3.03. The minimum Gasteiger partial charge on any atom is -0.478 e. The van der Waals surface area contributed by atoms with E-state index in [0.29, 0.717) is 11.6 Å². The number of aromatic nitrogens is 1. The number of hydrogen-bond donors (Lipinski definition) is 2. The number of aryl methyl sites for hydroxylation is 1. The molecule has 0 amide bonds. The number of rotatable bonds is 6. The molecule has 1 aromatic carbocycles. The maximum Gasteiger partial charge on any atom is 0.337 e. The average molecular weight is 327 g/mol. The lowest BCUT2D eigenvalue weighted by Crippen LogP contribution is -2.56. The van der Waals surface area contributed by atoms with Crippen molar-refractivity contribution in [2.75, 3.05) is 26.2 Å². The molecule has 5 heteroatoms. The van der Waals surface area contributed by atoms with E-state index < -0.39 is 5.97 Å². The summed E-state index contributed by atoms with van der Waals surface area (Å²) < 4.78 is 2.08. The van der Waals surface area contributed by atoms with E-state index in [1.54, 1.807) is 6.07 Å². The molecule has 128 valence electrons. The molecule has 1 aromatic heterocycles. The molecule has 5 nitrogen and oxygen atoms in total. The molecule has 4 heterocycles. The van der Waals surface area contributed by atoms with Gasteiger partial charge in [0.25, 0.3) is 0 Å². The van der Waals surface area contributed by atoms with E-state index in [4.69, 9.17) is 0 Å². The van der Waals surface area contributed by atoms with Crippen molar-refractivity contribution >= 4 is 16.9 Å². The SMILES string of the molecule is O=C(O)c1cccc2ccn(CCCNC3CN4CCC3CC4)c12. The van der Waals surface area contributed by atoms with E-state index in [1.165, 1.54) is 32.5 Å². The quantitative estimate of drug-likeness (QED) is 0.800. The van der Waals surface area contributed by atoms with Gasteiger partial charge in [0.1, 0.15) is 0 Å². The number of carboxylic acid groups (broad SMARTS) is 1. The van der Waals surface area contributed by atoms with Crippen LogP contribution in [-0.2, 0) is 6.54 Å². The van der Waals surface area contributed by atoms with Gasteiger partial charge in [0.2, 0.25) is 0 Å². The van der Waals surface area contributed by atoms with Gasteiger partial charge >= 0.3 is 5.97 Å². The van der Waals surface area contributed by atoms with Crippen molar-refractivity contribution in [2.24, 2.45) is 5.92 Å². The van der Waals surface area contributed by atoms with Crippen molar-refractivity contribution in [3.63, 3.8) is 0 Å². The van der Waals surface area contributed by atoms with Crippen molar-refractivity contribution in [1.29, 1.82) is 0 Å². The monoisotopic (exact) mass is 327 g/mol. The summed E-state index contributed by atoms with van der Waals surface area (Å²) >= 11 is 0. The lowest BCUT2D eigenvalue weighted by Gasteiger charge is -2.45. The van der Waals surface area contributed by atoms with Gasteiger partial charge in [-0.15, -0.1) is 0 Å². The minimum atomic E-state index is -0.856. The third-order valence-electron chi connectivity index (χ3n) is 5.66. The highest BCUT2D eigenvalue weighted by molar-refractivity contribution is 6.02. The van der Waals surface area contributed by atoms with Crippen LogP contribution >= 0.6 is 0 Å². The van der Waals surface area contributed by atoms with Gasteiger partial charge in [-0.25, -0.2) is 4.79 Å². The topological polar surface area (TPSA) is 57.5 Å². The number of fused-ring (bicyclic) bond motifs is 4. The Hall–Kier alpha value is -1.85. The summed E-state index contributed by atoms with van der Waals surface area (Å²) in [6, 6.07) is 8.12. The van der Waals surface area contributed by atoms with E-state index in [1.807, 2.05) is 24.4 Å². The Kier molecular flexibility index (Phi) is 4.29. The zero-order chi connectivity index (χ0) is 16.5. The predicted molar refractivity (Wildman–Crippen MR) is 94.5 cm³/mol. The van der Waals surface area contributed by atoms with Crippen LogP contribution in [0.15, 0.2) is 30.5 Å². The largest absolute Gasteiger partial charge is 0.478 e. The summed E-state index contributed by atoms with van der Waals surface area (Å²) in [6.45, 7) is 5.58. The maximum absolute atomic E-state index is 11.4. The van der Waals surface area contributed by atoms with Crippen LogP contribution in [0, 0.1) is 5.92 Å². The van der Waals surface area contributed by atoms with E-state index in [2.05, 4.69) is 14.8 Å². The molecule has 2 N–H and O–H groups in total. The number of carboxylic acids is 1. The molecule has 5 rings (SSSR count). The van der Waals surface area contributed by atoms with Gasteiger partial charge in [-0.05, 0) is 56.9 Å². The molecular formula is C19H25N3O2. The highest BCUT2D eigenvalue weighted by Crippen LogP contribution is 2.27. The van der Waals surface area contributed by atoms with Gasteiger partial charge in [0.15, 0.2) is 0 Å². The smallest absolute Gasteiger partial charge is 0.337 e. The highest BCUT2D eigenvalue weighted by Gasteiger charge is 2.33. The second kappa shape index (κ2) is 6.57. The number of benzene rings is 1. The van der Waals surface area contributed by atoms with E-state index >= 15 is 0 Å². The molecule has 3 aliphatic heterocycles. The molecule has 2 aromatic rings. The van der Waals surface area contributed by atoms with Crippen LogP contribution < -0.4 is 5.32 Å². The van der Waals surface area contributed by atoms with Crippen LogP contribution in [0.1, 0.15) is 29.6 Å². The first-order valence-corrected chi connectivity index (χ1v) is 8.99. The molecule has 0 spiro atoms.